The third-order valence-electron chi connectivity index (χ3n) is 19.0. The summed E-state index contributed by atoms with van der Waals surface area (Å²) in [4.78, 5) is 231. The van der Waals surface area contributed by atoms with Gasteiger partial charge in [0.1, 0.15) is 84.6 Å². The van der Waals surface area contributed by atoms with Gasteiger partial charge in [0, 0.05) is 31.6 Å². The molecule has 0 saturated carbocycles. The van der Waals surface area contributed by atoms with Crippen molar-refractivity contribution in [1.29, 1.82) is 0 Å². The number of aliphatic hydroxyl groups is 7. The molecular weight excluding hydrogens is 1550 g/mol. The number of aliphatic hydroxyl groups excluding tert-OH is 7. The highest BCUT2D eigenvalue weighted by Crippen LogP contribution is 2.22. The normalized spacial score (nSPS) is 17.7. The van der Waals surface area contributed by atoms with E-state index in [4.69, 9.17) is 5.73 Å². The Morgan fingerprint density at radius 2 is 0.716 bits per heavy atom. The molecule has 0 radical (unpaired) electrons. The molecule has 3 rings (SSSR count). The number of thiol groups is 1. The highest BCUT2D eigenvalue weighted by molar-refractivity contribution is 7.80. The molecule has 646 valence electrons. The summed E-state index contributed by atoms with van der Waals surface area (Å²) in [6.45, 7) is 6.96. The Hall–Kier alpha value is -10.5. The van der Waals surface area contributed by atoms with Crippen LogP contribution in [0.3, 0.4) is 0 Å². The van der Waals surface area contributed by atoms with Gasteiger partial charge in [-0.2, -0.15) is 12.6 Å². The van der Waals surface area contributed by atoms with Gasteiger partial charge in [-0.05, 0) is 82.8 Å². The molecule has 1 saturated heterocycles. The summed E-state index contributed by atoms with van der Waals surface area (Å²) in [6, 6.07) is -9.66. The monoisotopic (exact) mass is 1660 g/mol. The first kappa shape index (κ1) is 99.7. The predicted octanol–water partition coefficient (Wildman–Crippen LogP) is -8.57. The number of carbonyl (C=O) groups excluding carboxylic acids is 14. The number of rotatable bonds is 50. The van der Waals surface area contributed by atoms with Crippen LogP contribution in [0.1, 0.15) is 118 Å². The van der Waals surface area contributed by atoms with Gasteiger partial charge in [-0.25, -0.2) is 4.79 Å². The van der Waals surface area contributed by atoms with Crippen LogP contribution in [0.2, 0.25) is 0 Å². The summed E-state index contributed by atoms with van der Waals surface area (Å²) < 4.78 is 0. The van der Waals surface area contributed by atoms with Crippen molar-refractivity contribution in [3.8, 4) is 0 Å². The van der Waals surface area contributed by atoms with Gasteiger partial charge in [-0.3, -0.25) is 76.7 Å². The molecule has 0 bridgehead atoms. The Bertz CT molecular complexity index is 3700. The molecule has 25 N–H and O–H groups in total. The van der Waals surface area contributed by atoms with Crippen molar-refractivity contribution in [3.05, 3.63) is 71.8 Å². The zero-order valence-electron chi connectivity index (χ0n) is 65.4. The molecule has 2 aromatic carbocycles. The topological polar surface area (TPSA) is 678 Å². The van der Waals surface area contributed by atoms with Crippen LogP contribution in [0, 0.1) is 11.8 Å². The fourth-order valence-corrected chi connectivity index (χ4v) is 12.0. The number of nitrogens with one attached hydrogen (secondary N) is 13. The number of aliphatic carboxylic acids is 3. The summed E-state index contributed by atoms with van der Waals surface area (Å²) in [5, 5.41) is 132. The van der Waals surface area contributed by atoms with Gasteiger partial charge < -0.3 is 131 Å². The predicted molar refractivity (Wildman–Crippen MR) is 410 cm³/mol. The number of amides is 14. The van der Waals surface area contributed by atoms with Crippen molar-refractivity contribution in [3.63, 3.8) is 0 Å². The molecule has 42 nitrogen and oxygen atoms in total. The average molecular weight is 1660 g/mol. The third kappa shape index (κ3) is 31.6. The minimum Gasteiger partial charge on any atom is -0.481 e. The molecule has 14 amide bonds. The first-order valence-electron chi connectivity index (χ1n) is 37.5. The van der Waals surface area contributed by atoms with E-state index < -0.39 is 279 Å². The highest BCUT2D eigenvalue weighted by atomic mass is 32.1. The molecule has 21 atom stereocenters. The summed E-state index contributed by atoms with van der Waals surface area (Å²) in [7, 11) is 0. The van der Waals surface area contributed by atoms with Crippen LogP contribution in [-0.4, -0.2) is 304 Å². The number of carboxylic acids is 3. The summed E-state index contributed by atoms with van der Waals surface area (Å²) >= 11 is 3.86. The molecule has 0 spiro atoms. The maximum atomic E-state index is 14.6. The van der Waals surface area contributed by atoms with Crippen LogP contribution in [-0.2, 0) is 94.3 Å². The Balaban J connectivity index is 1.84. The fourth-order valence-electron chi connectivity index (χ4n) is 11.7. The van der Waals surface area contributed by atoms with Gasteiger partial charge in [-0.1, -0.05) is 101 Å². The zero-order valence-corrected chi connectivity index (χ0v) is 66.3. The maximum Gasteiger partial charge on any atom is 0.327 e. The molecular formula is C73H111N15O27S. The van der Waals surface area contributed by atoms with Gasteiger partial charge in [0.15, 0.2) is 0 Å². The van der Waals surface area contributed by atoms with E-state index in [0.29, 0.717) is 11.1 Å². The van der Waals surface area contributed by atoms with Crippen LogP contribution in [0.15, 0.2) is 60.7 Å². The number of nitrogens with two attached hydrogens (primary N) is 1. The second kappa shape index (κ2) is 49.4. The van der Waals surface area contributed by atoms with Crippen molar-refractivity contribution >= 4 is 113 Å². The number of carbonyl (C=O) groups is 17. The molecule has 43 heteroatoms. The lowest BCUT2D eigenvalue weighted by Crippen LogP contribution is -2.64. The smallest absolute Gasteiger partial charge is 0.327 e. The van der Waals surface area contributed by atoms with Crippen LogP contribution in [0.4, 0.5) is 0 Å². The van der Waals surface area contributed by atoms with Crippen molar-refractivity contribution in [1.82, 2.24) is 74.0 Å². The Labute approximate surface area is 673 Å². The molecule has 0 aromatic heterocycles. The second-order valence-electron chi connectivity index (χ2n) is 28.2. The SMILES string of the molecule is CC[C@H](C)[C@H](NC(=O)[C@H](CCC(=O)O)NC(=O)[C@H](CO)NC(=O)[C@H](Cc1ccccc1)NC(=O)[C@H](CO)NC(=O)[C@H](CO)NC(=O)[C@@H](N)Cc1ccccc1)C(=O)N[C@H](C(=O)N[C@H](C(=O)N[C@H](C(=O)N1CCC[C@H]1C(=O)N[C@H](C(=O)N[C@@H](CCC(=O)O)C(=O)N[C@H](C(=O)N[C@@H](CS)C(=O)O)[C@@H](C)O)[C@@H](C)O)[C@@H](C)O)[C@@H](C)O)[C@@H](C)CC. The van der Waals surface area contributed by atoms with E-state index in [1.165, 1.54) is 13.8 Å². The molecule has 0 aliphatic carbocycles. The van der Waals surface area contributed by atoms with Gasteiger partial charge in [-0.15, -0.1) is 0 Å². The fraction of sp³-hybridized carbons (Fsp3) is 0.603. The standard InChI is InChI=1S/C73H111N15O27S/c1-9-34(3)53(82-60(101)43(23-25-51(96)97)75-63(104)47(31-90)79-62(103)45(29-41-20-15-12-16-21-41)77-64(105)48(32-91)80-65(106)46(30-89)78-59(100)42(74)28-40-18-13-11-14-19-40)67(108)83-54(35(4)10-2)68(109)86-57(38(7)94)71(112)87-58(39(8)95)72(113)88-27-17-22-50(88)66(107)85-56(37(6)93)69(110)76-44(24-26-52(98)99)61(102)84-55(36(5)92)70(111)81-49(33-116)73(114)115/h11-16,18-21,34-39,42-50,53-58,89-95,116H,9-10,17,22-33,74H2,1-8H3,(H,75,104)(H,76,110)(H,77,105)(H,78,100)(H,79,103)(H,80,106)(H,81,111)(H,82,101)(H,83,108)(H,84,102)(H,85,107)(H,86,109)(H,87,112)(H,96,97)(H,98,99)(H,114,115)/t34-,35-,36+,37+,38+,39+,42-,43-,44-,45-,46-,47-,48-,49-,50-,53-,54-,55-,56-,57-,58-/m0/s1. The Morgan fingerprint density at radius 1 is 0.405 bits per heavy atom. The summed E-state index contributed by atoms with van der Waals surface area (Å²) in [5.41, 5.74) is 7.14. The zero-order chi connectivity index (χ0) is 87.5. The second-order valence-corrected chi connectivity index (χ2v) is 28.6. The van der Waals surface area contributed by atoms with Crippen LogP contribution < -0.4 is 74.9 Å². The van der Waals surface area contributed by atoms with Crippen molar-refractivity contribution in [2.45, 2.75) is 235 Å². The van der Waals surface area contributed by atoms with E-state index in [1.54, 1.807) is 74.5 Å². The van der Waals surface area contributed by atoms with Gasteiger partial charge in [0.05, 0.1) is 50.3 Å². The first-order chi connectivity index (χ1) is 54.6. The number of benzene rings is 2. The number of hydrogen-bond donors (Lipinski definition) is 25. The largest absolute Gasteiger partial charge is 0.481 e. The van der Waals surface area contributed by atoms with Crippen molar-refractivity contribution < 1.29 is 133 Å². The Morgan fingerprint density at radius 3 is 1.10 bits per heavy atom. The summed E-state index contributed by atoms with van der Waals surface area (Å²) in [5.74, 6) is -22.8. The lowest BCUT2D eigenvalue weighted by molar-refractivity contribution is -0.145. The van der Waals surface area contributed by atoms with E-state index in [9.17, 15) is 133 Å². The molecule has 1 heterocycles. The van der Waals surface area contributed by atoms with Gasteiger partial charge in [0.2, 0.25) is 82.7 Å². The minimum absolute atomic E-state index is 0.0497. The van der Waals surface area contributed by atoms with Crippen LogP contribution >= 0.6 is 12.6 Å². The van der Waals surface area contributed by atoms with E-state index >= 15 is 0 Å². The van der Waals surface area contributed by atoms with Crippen LogP contribution in [0.5, 0.6) is 0 Å². The Kier molecular flexibility index (Phi) is 42.4. The number of nitrogens with zero attached hydrogens (tertiary/aromatic N) is 1. The molecule has 0 unspecified atom stereocenters. The van der Waals surface area contributed by atoms with Crippen molar-refractivity contribution in [2.24, 2.45) is 17.6 Å². The number of hydrogen-bond acceptors (Lipinski definition) is 26. The third-order valence-corrected chi connectivity index (χ3v) is 19.4. The molecule has 2 aromatic rings. The summed E-state index contributed by atoms with van der Waals surface area (Å²) in [6.07, 6.45) is -10.1. The van der Waals surface area contributed by atoms with Gasteiger partial charge >= 0.3 is 17.9 Å². The number of carboxylic acid groups (broad SMARTS) is 3. The first-order valence-corrected chi connectivity index (χ1v) is 38.1. The van der Waals surface area contributed by atoms with E-state index in [0.717, 1.165) is 32.6 Å². The van der Waals surface area contributed by atoms with Crippen molar-refractivity contribution in [2.75, 3.05) is 32.1 Å². The molecule has 1 aliphatic rings. The maximum absolute atomic E-state index is 14.6. The molecule has 1 aliphatic heterocycles. The number of likely N-dealkylation sites (tertiary alicyclic amines) is 1. The van der Waals surface area contributed by atoms with E-state index in [2.05, 4.69) is 81.7 Å². The molecule has 116 heavy (non-hydrogen) atoms. The highest BCUT2D eigenvalue weighted by Gasteiger charge is 2.45. The lowest BCUT2D eigenvalue weighted by atomic mass is 9.94. The quantitative estimate of drug-likeness (QED) is 0.0274. The molecule has 1 fully saturated rings. The minimum atomic E-state index is -1.99. The van der Waals surface area contributed by atoms with E-state index in [-0.39, 0.29) is 45.1 Å². The van der Waals surface area contributed by atoms with E-state index in [1.807, 2.05) is 0 Å². The van der Waals surface area contributed by atoms with Gasteiger partial charge in [0.25, 0.3) is 0 Å². The van der Waals surface area contributed by atoms with Crippen LogP contribution in [0.25, 0.3) is 0 Å². The average Bonchev–Trinajstić information content (AvgIpc) is 1.60. The lowest BCUT2D eigenvalue weighted by Gasteiger charge is -2.33.